The normalized spacial score (nSPS) is 23.2. The van der Waals surface area contributed by atoms with Crippen molar-refractivity contribution in [2.24, 2.45) is 0 Å². The van der Waals surface area contributed by atoms with Crippen LogP contribution in [0.2, 0.25) is 0 Å². The van der Waals surface area contributed by atoms with Crippen LogP contribution in [0.5, 0.6) is 0 Å². The summed E-state index contributed by atoms with van der Waals surface area (Å²) in [5.41, 5.74) is -0.00656. The van der Waals surface area contributed by atoms with Crippen LogP contribution in [0.15, 0.2) is 10.6 Å². The first-order valence-corrected chi connectivity index (χ1v) is 4.67. The van der Waals surface area contributed by atoms with Crippen molar-refractivity contribution in [2.75, 3.05) is 0 Å². The molecule has 0 aromatic heterocycles. The third-order valence-corrected chi connectivity index (χ3v) is 2.68. The fourth-order valence-electron chi connectivity index (χ4n) is 1.28. The van der Waals surface area contributed by atoms with Crippen molar-refractivity contribution in [1.82, 2.24) is 0 Å². The van der Waals surface area contributed by atoms with Crippen LogP contribution in [0.3, 0.4) is 0 Å². The molecule has 0 N–H and O–H groups in total. The van der Waals surface area contributed by atoms with Crippen LogP contribution in [0.4, 0.5) is 8.78 Å². The van der Waals surface area contributed by atoms with Gasteiger partial charge in [0.2, 0.25) is 0 Å². The number of rotatable bonds is 1. The lowest BCUT2D eigenvalue weighted by Gasteiger charge is -2.16. The van der Waals surface area contributed by atoms with E-state index in [4.69, 9.17) is 23.2 Å². The van der Waals surface area contributed by atoms with Gasteiger partial charge in [0.15, 0.2) is 5.78 Å². The van der Waals surface area contributed by atoms with Gasteiger partial charge < -0.3 is 0 Å². The highest BCUT2D eigenvalue weighted by Gasteiger charge is 2.34. The zero-order chi connectivity index (χ0) is 10.1. The number of halogens is 4. The molecule has 0 unspecified atom stereocenters. The molecule has 0 atom stereocenters. The summed E-state index contributed by atoms with van der Waals surface area (Å²) in [4.78, 5) is 11.1. The molecule has 0 aromatic rings. The quantitative estimate of drug-likeness (QED) is 0.497. The van der Waals surface area contributed by atoms with E-state index in [-0.39, 0.29) is 11.4 Å². The molecule has 1 fully saturated rings. The lowest BCUT2D eigenvalue weighted by molar-refractivity contribution is -0.116. The molecule has 0 aromatic carbocycles. The molecule has 0 aliphatic heterocycles. The first-order chi connectivity index (χ1) is 5.93. The van der Waals surface area contributed by atoms with E-state index in [2.05, 4.69) is 0 Å². The predicted molar refractivity (Wildman–Crippen MR) is 47.2 cm³/mol. The Labute approximate surface area is 84.7 Å². The third kappa shape index (κ3) is 2.64. The molecule has 0 bridgehead atoms. The van der Waals surface area contributed by atoms with Crippen molar-refractivity contribution in [1.29, 1.82) is 0 Å². The summed E-state index contributed by atoms with van der Waals surface area (Å²) in [7, 11) is 0. The monoisotopic (exact) mass is 228 g/mol. The van der Waals surface area contributed by atoms with Crippen LogP contribution in [-0.2, 0) is 4.79 Å². The zero-order valence-electron chi connectivity index (χ0n) is 6.75. The highest BCUT2D eigenvalue weighted by Crippen LogP contribution is 2.37. The Kier molecular flexibility index (Phi) is 3.30. The Morgan fingerprint density at radius 1 is 1.31 bits per heavy atom. The molecule has 13 heavy (non-hydrogen) atoms. The van der Waals surface area contributed by atoms with E-state index in [9.17, 15) is 13.6 Å². The van der Waals surface area contributed by atoms with Gasteiger partial charge in [-0.1, -0.05) is 11.6 Å². The van der Waals surface area contributed by atoms with Crippen LogP contribution < -0.4 is 0 Å². The molecule has 1 nitrogen and oxygen atoms in total. The van der Waals surface area contributed by atoms with Gasteiger partial charge in [-0.3, -0.25) is 4.79 Å². The molecule has 0 radical (unpaired) electrons. The number of hydrogen-bond donors (Lipinski definition) is 0. The van der Waals surface area contributed by atoms with Gasteiger partial charge in [-0.25, -0.2) is 0 Å². The molecule has 1 rings (SSSR count). The van der Waals surface area contributed by atoms with Gasteiger partial charge in [-0.05, 0) is 30.9 Å². The topological polar surface area (TPSA) is 17.1 Å². The second-order valence-electron chi connectivity index (χ2n) is 2.92. The van der Waals surface area contributed by atoms with Gasteiger partial charge in [-0.2, -0.15) is 8.78 Å². The lowest BCUT2D eigenvalue weighted by Crippen LogP contribution is -2.16. The summed E-state index contributed by atoms with van der Waals surface area (Å²) < 4.78 is 25.0. The highest BCUT2D eigenvalue weighted by molar-refractivity contribution is 6.39. The standard InChI is InChI=1S/C8H8Cl2F2O/c9-7(8(10,11)12)5-3-1-2-4-6(5)13/h1-4H2/b7-5+. The van der Waals surface area contributed by atoms with E-state index in [1.54, 1.807) is 0 Å². The average molecular weight is 229 g/mol. The number of alkyl halides is 3. The first kappa shape index (κ1) is 10.9. The van der Waals surface area contributed by atoms with Crippen LogP contribution in [0.1, 0.15) is 25.7 Å². The van der Waals surface area contributed by atoms with Gasteiger partial charge >= 0.3 is 5.38 Å². The molecular weight excluding hydrogens is 221 g/mol. The molecule has 0 saturated heterocycles. The zero-order valence-corrected chi connectivity index (χ0v) is 8.26. The maximum absolute atomic E-state index is 12.5. The number of hydrogen-bond acceptors (Lipinski definition) is 1. The van der Waals surface area contributed by atoms with Gasteiger partial charge in [0.25, 0.3) is 0 Å². The molecule has 5 heteroatoms. The maximum atomic E-state index is 12.5. The summed E-state index contributed by atoms with van der Waals surface area (Å²) in [6, 6.07) is 0. The average Bonchev–Trinajstić information content (AvgIpc) is 2.02. The predicted octanol–water partition coefficient (Wildman–Crippen LogP) is 3.45. The minimum atomic E-state index is -3.61. The summed E-state index contributed by atoms with van der Waals surface area (Å²) >= 11 is 10.0. The SMILES string of the molecule is O=C1CCCC/C1=C(\Cl)C(F)(F)Cl. The summed E-state index contributed by atoms with van der Waals surface area (Å²) in [5.74, 6) is -0.309. The van der Waals surface area contributed by atoms with E-state index < -0.39 is 10.4 Å². The number of carbonyl (C=O) groups excluding carboxylic acids is 1. The minimum Gasteiger partial charge on any atom is -0.295 e. The Balaban J connectivity index is 2.94. The molecular formula is C8H8Cl2F2O. The van der Waals surface area contributed by atoms with Gasteiger partial charge in [0, 0.05) is 12.0 Å². The van der Waals surface area contributed by atoms with E-state index in [0.29, 0.717) is 19.3 Å². The van der Waals surface area contributed by atoms with E-state index in [0.717, 1.165) is 6.42 Å². The van der Waals surface area contributed by atoms with Crippen LogP contribution in [0, 0.1) is 0 Å². The summed E-state index contributed by atoms with van der Waals surface area (Å²) in [6.07, 6.45) is 2.04. The van der Waals surface area contributed by atoms with E-state index in [1.807, 2.05) is 0 Å². The molecule has 74 valence electrons. The van der Waals surface area contributed by atoms with Crippen LogP contribution in [-0.4, -0.2) is 11.2 Å². The van der Waals surface area contributed by atoms with Crippen molar-refractivity contribution < 1.29 is 13.6 Å². The lowest BCUT2D eigenvalue weighted by atomic mass is 9.93. The molecule has 0 spiro atoms. The molecule has 1 aliphatic carbocycles. The van der Waals surface area contributed by atoms with Crippen LogP contribution >= 0.6 is 23.2 Å². The molecule has 1 saturated carbocycles. The fourth-order valence-corrected chi connectivity index (χ4v) is 1.59. The molecule has 0 heterocycles. The Hall–Kier alpha value is -0.150. The van der Waals surface area contributed by atoms with Gasteiger partial charge in [-0.15, -0.1) is 0 Å². The second kappa shape index (κ2) is 3.93. The third-order valence-electron chi connectivity index (χ3n) is 1.93. The summed E-state index contributed by atoms with van der Waals surface area (Å²) in [6.45, 7) is 0. The maximum Gasteiger partial charge on any atom is 0.358 e. The smallest absolute Gasteiger partial charge is 0.295 e. The van der Waals surface area contributed by atoms with E-state index >= 15 is 0 Å². The fraction of sp³-hybridized carbons (Fsp3) is 0.625. The Morgan fingerprint density at radius 2 is 1.85 bits per heavy atom. The Bertz CT molecular complexity index is 255. The first-order valence-electron chi connectivity index (χ1n) is 3.92. The van der Waals surface area contributed by atoms with Crippen molar-refractivity contribution in [2.45, 2.75) is 31.1 Å². The number of ketones is 1. The van der Waals surface area contributed by atoms with Crippen molar-refractivity contribution in [3.63, 3.8) is 0 Å². The largest absolute Gasteiger partial charge is 0.358 e. The molecule has 1 aliphatic rings. The number of carbonyl (C=O) groups is 1. The van der Waals surface area contributed by atoms with Crippen molar-refractivity contribution in [3.8, 4) is 0 Å². The highest BCUT2D eigenvalue weighted by atomic mass is 35.5. The van der Waals surface area contributed by atoms with E-state index in [1.165, 1.54) is 0 Å². The van der Waals surface area contributed by atoms with Gasteiger partial charge in [0.1, 0.15) is 5.03 Å². The minimum absolute atomic E-state index is 0.00656. The second-order valence-corrected chi connectivity index (χ2v) is 3.77. The number of Topliss-reactive ketones (excluding diaryl/α,β-unsaturated/α-hetero) is 1. The molecule has 0 amide bonds. The van der Waals surface area contributed by atoms with Crippen LogP contribution in [0.25, 0.3) is 0 Å². The number of allylic oxidation sites excluding steroid dienone is 2. The Morgan fingerprint density at radius 3 is 2.31 bits per heavy atom. The summed E-state index contributed by atoms with van der Waals surface area (Å²) in [5, 5.41) is -4.41. The van der Waals surface area contributed by atoms with Crippen molar-refractivity contribution in [3.05, 3.63) is 10.6 Å². The van der Waals surface area contributed by atoms with Gasteiger partial charge in [0.05, 0.1) is 0 Å². The van der Waals surface area contributed by atoms with Crippen molar-refractivity contribution >= 4 is 29.0 Å².